The summed E-state index contributed by atoms with van der Waals surface area (Å²) in [5.41, 5.74) is 2.64. The molecule has 1 aliphatic carbocycles. The number of ether oxygens (including phenoxy) is 2. The topological polar surface area (TPSA) is 38.7 Å². The molecule has 0 aromatic heterocycles. The van der Waals surface area contributed by atoms with Crippen molar-refractivity contribution >= 4 is 0 Å². The quantitative estimate of drug-likeness (QED) is 0.893. The Balaban J connectivity index is 2.43. The lowest BCUT2D eigenvalue weighted by Crippen LogP contribution is -2.45. The van der Waals surface area contributed by atoms with E-state index < -0.39 is 11.7 Å². The number of aliphatic hydroxyl groups excluding tert-OH is 1. The zero-order valence-electron chi connectivity index (χ0n) is 11.6. The molecule has 18 heavy (non-hydrogen) atoms. The first kappa shape index (κ1) is 13.4. The highest BCUT2D eigenvalue weighted by Crippen LogP contribution is 2.47. The number of rotatable bonds is 4. The Labute approximate surface area is 109 Å². The van der Waals surface area contributed by atoms with E-state index in [1.807, 2.05) is 19.9 Å². The van der Waals surface area contributed by atoms with Crippen molar-refractivity contribution in [3.63, 3.8) is 0 Å². The van der Waals surface area contributed by atoms with Crippen molar-refractivity contribution < 1.29 is 14.6 Å². The number of benzene rings is 1. The summed E-state index contributed by atoms with van der Waals surface area (Å²) in [6.45, 7) is 4.04. The smallest absolute Gasteiger partial charge is 0.125 e. The van der Waals surface area contributed by atoms with Crippen LogP contribution in [0.2, 0.25) is 0 Å². The summed E-state index contributed by atoms with van der Waals surface area (Å²) in [4.78, 5) is 0. The molecule has 0 saturated heterocycles. The van der Waals surface area contributed by atoms with Crippen LogP contribution in [-0.2, 0) is 4.74 Å². The van der Waals surface area contributed by atoms with Gasteiger partial charge in [-0.25, -0.2) is 0 Å². The molecule has 1 aromatic rings. The first-order valence-corrected chi connectivity index (χ1v) is 6.42. The number of methoxy groups -OCH3 is 2. The summed E-state index contributed by atoms with van der Waals surface area (Å²) in [7, 11) is 3.32. The van der Waals surface area contributed by atoms with Crippen LogP contribution < -0.4 is 4.74 Å². The van der Waals surface area contributed by atoms with Crippen LogP contribution in [0.25, 0.3) is 0 Å². The highest BCUT2D eigenvalue weighted by atomic mass is 16.5. The third-order valence-corrected chi connectivity index (χ3v) is 4.09. The predicted octanol–water partition coefficient (Wildman–Crippen LogP) is 2.91. The molecule has 0 aliphatic heterocycles. The van der Waals surface area contributed by atoms with Crippen molar-refractivity contribution in [2.24, 2.45) is 0 Å². The molecule has 1 atom stereocenters. The normalized spacial score (nSPS) is 19.2. The molecule has 3 heteroatoms. The van der Waals surface area contributed by atoms with Gasteiger partial charge in [0.1, 0.15) is 11.9 Å². The second-order valence-corrected chi connectivity index (χ2v) is 5.22. The van der Waals surface area contributed by atoms with E-state index in [2.05, 4.69) is 6.07 Å². The van der Waals surface area contributed by atoms with Gasteiger partial charge >= 0.3 is 0 Å². The van der Waals surface area contributed by atoms with Crippen molar-refractivity contribution in [1.29, 1.82) is 0 Å². The van der Waals surface area contributed by atoms with Crippen LogP contribution in [0.5, 0.6) is 5.75 Å². The van der Waals surface area contributed by atoms with E-state index in [-0.39, 0.29) is 0 Å². The van der Waals surface area contributed by atoms with E-state index in [1.54, 1.807) is 14.2 Å². The fourth-order valence-electron chi connectivity index (χ4n) is 2.84. The molecule has 0 heterocycles. The van der Waals surface area contributed by atoms with E-state index in [0.717, 1.165) is 41.7 Å². The van der Waals surface area contributed by atoms with Gasteiger partial charge in [-0.15, -0.1) is 0 Å². The minimum Gasteiger partial charge on any atom is -0.496 e. The summed E-state index contributed by atoms with van der Waals surface area (Å²) in [6.07, 6.45) is 2.30. The first-order valence-electron chi connectivity index (χ1n) is 6.42. The Morgan fingerprint density at radius 2 is 1.89 bits per heavy atom. The minimum absolute atomic E-state index is 0.423. The van der Waals surface area contributed by atoms with Crippen LogP contribution in [0.15, 0.2) is 12.1 Å². The maximum absolute atomic E-state index is 10.7. The standard InChI is InChI=1S/C15H22O3/c1-10-8-11(2)13(12(9-10)17-3)14(16)15(18-4)6-5-7-15/h8-9,14,16H,5-7H2,1-4H3. The van der Waals surface area contributed by atoms with Crippen LogP contribution in [0.4, 0.5) is 0 Å². The second kappa shape index (κ2) is 4.90. The van der Waals surface area contributed by atoms with E-state index in [1.165, 1.54) is 0 Å². The van der Waals surface area contributed by atoms with Gasteiger partial charge in [-0.3, -0.25) is 0 Å². The monoisotopic (exact) mass is 250 g/mol. The average molecular weight is 250 g/mol. The molecule has 1 N–H and O–H groups in total. The summed E-state index contributed by atoms with van der Waals surface area (Å²) < 4.78 is 11.0. The summed E-state index contributed by atoms with van der Waals surface area (Å²) in [5, 5.41) is 10.7. The lowest BCUT2D eigenvalue weighted by molar-refractivity contribution is -0.152. The lowest BCUT2D eigenvalue weighted by atomic mass is 9.72. The van der Waals surface area contributed by atoms with Gasteiger partial charge in [-0.05, 0) is 50.3 Å². The second-order valence-electron chi connectivity index (χ2n) is 5.22. The van der Waals surface area contributed by atoms with Crippen molar-refractivity contribution in [3.8, 4) is 5.75 Å². The molecule has 1 aromatic carbocycles. The molecule has 3 nitrogen and oxygen atoms in total. The highest BCUT2D eigenvalue weighted by molar-refractivity contribution is 5.45. The van der Waals surface area contributed by atoms with Crippen molar-refractivity contribution in [3.05, 3.63) is 28.8 Å². The maximum atomic E-state index is 10.7. The molecule has 0 spiro atoms. The predicted molar refractivity (Wildman–Crippen MR) is 71.0 cm³/mol. The largest absolute Gasteiger partial charge is 0.496 e. The molecular weight excluding hydrogens is 228 g/mol. The highest BCUT2D eigenvalue weighted by Gasteiger charge is 2.45. The van der Waals surface area contributed by atoms with Crippen molar-refractivity contribution in [2.75, 3.05) is 14.2 Å². The molecule has 2 rings (SSSR count). The fourth-order valence-corrected chi connectivity index (χ4v) is 2.84. The van der Waals surface area contributed by atoms with Crippen LogP contribution >= 0.6 is 0 Å². The van der Waals surface area contributed by atoms with Gasteiger partial charge in [0.05, 0.1) is 12.7 Å². The SMILES string of the molecule is COc1cc(C)cc(C)c1C(O)C1(OC)CCC1. The maximum Gasteiger partial charge on any atom is 0.125 e. The zero-order chi connectivity index (χ0) is 13.3. The van der Waals surface area contributed by atoms with Crippen LogP contribution in [-0.4, -0.2) is 24.9 Å². The summed E-state index contributed by atoms with van der Waals surface area (Å²) in [6, 6.07) is 4.04. The first-order chi connectivity index (χ1) is 8.54. The fraction of sp³-hybridized carbons (Fsp3) is 0.600. The van der Waals surface area contributed by atoms with Gasteiger partial charge in [0.15, 0.2) is 0 Å². The van der Waals surface area contributed by atoms with Gasteiger partial charge in [-0.1, -0.05) is 6.07 Å². The third-order valence-electron chi connectivity index (χ3n) is 4.09. The van der Waals surface area contributed by atoms with Crippen LogP contribution in [0.1, 0.15) is 42.1 Å². The van der Waals surface area contributed by atoms with E-state index in [0.29, 0.717) is 0 Å². The van der Waals surface area contributed by atoms with Crippen LogP contribution in [0.3, 0.4) is 0 Å². The zero-order valence-corrected chi connectivity index (χ0v) is 11.6. The molecule has 0 radical (unpaired) electrons. The molecule has 1 aliphatic rings. The lowest BCUT2D eigenvalue weighted by Gasteiger charge is -2.44. The Hall–Kier alpha value is -1.06. The molecule has 0 amide bonds. The third kappa shape index (κ3) is 2.02. The summed E-state index contributed by atoms with van der Waals surface area (Å²) in [5.74, 6) is 0.753. The minimum atomic E-state index is -0.619. The Morgan fingerprint density at radius 3 is 2.33 bits per heavy atom. The number of aliphatic hydroxyl groups is 1. The Bertz CT molecular complexity index is 430. The summed E-state index contributed by atoms with van der Waals surface area (Å²) >= 11 is 0. The van der Waals surface area contributed by atoms with Gasteiger partial charge in [0.2, 0.25) is 0 Å². The Morgan fingerprint density at radius 1 is 1.22 bits per heavy atom. The molecule has 1 saturated carbocycles. The van der Waals surface area contributed by atoms with Crippen molar-refractivity contribution in [2.45, 2.75) is 44.8 Å². The number of aryl methyl sites for hydroxylation is 2. The van der Waals surface area contributed by atoms with Crippen molar-refractivity contribution in [1.82, 2.24) is 0 Å². The number of hydrogen-bond acceptors (Lipinski definition) is 3. The van der Waals surface area contributed by atoms with Gasteiger partial charge < -0.3 is 14.6 Å². The molecule has 0 bridgehead atoms. The van der Waals surface area contributed by atoms with Gasteiger partial charge in [0.25, 0.3) is 0 Å². The van der Waals surface area contributed by atoms with E-state index in [9.17, 15) is 5.11 Å². The average Bonchev–Trinajstić information content (AvgIpc) is 2.26. The van der Waals surface area contributed by atoms with E-state index in [4.69, 9.17) is 9.47 Å². The Kier molecular flexibility index (Phi) is 3.64. The molecule has 1 fully saturated rings. The van der Waals surface area contributed by atoms with Gasteiger partial charge in [-0.2, -0.15) is 0 Å². The van der Waals surface area contributed by atoms with Crippen LogP contribution in [0, 0.1) is 13.8 Å². The van der Waals surface area contributed by atoms with Gasteiger partial charge in [0, 0.05) is 12.7 Å². The number of hydrogen-bond donors (Lipinski definition) is 1. The molecular formula is C15H22O3. The van der Waals surface area contributed by atoms with E-state index >= 15 is 0 Å². The molecule has 1 unspecified atom stereocenters. The molecule has 100 valence electrons.